The molecule has 0 spiro atoms. The molecule has 0 aliphatic carbocycles. The molecule has 0 radical (unpaired) electrons. The number of nitrogens with one attached hydrogen (secondary N) is 1. The third-order valence-corrected chi connectivity index (χ3v) is 5.56. The molecule has 0 unspecified atom stereocenters. The van der Waals surface area contributed by atoms with Gasteiger partial charge in [0.1, 0.15) is 17.3 Å². The highest BCUT2D eigenvalue weighted by Crippen LogP contribution is 2.35. The molecule has 1 aliphatic rings. The summed E-state index contributed by atoms with van der Waals surface area (Å²) in [6, 6.07) is 17.4. The molecule has 4 rings (SSSR count). The molecule has 162 valence electrons. The third-order valence-electron chi connectivity index (χ3n) is 5.15. The van der Waals surface area contributed by atoms with Crippen LogP contribution in [-0.4, -0.2) is 18.4 Å². The average Bonchev–Trinajstić information content (AvgIpc) is 3.02. The number of carbonyl (C=O) groups excluding carboxylic acids is 2. The zero-order valence-electron chi connectivity index (χ0n) is 17.5. The van der Waals surface area contributed by atoms with Crippen LogP contribution >= 0.6 is 11.6 Å². The van der Waals surface area contributed by atoms with Gasteiger partial charge >= 0.3 is 0 Å². The van der Waals surface area contributed by atoms with Crippen molar-refractivity contribution in [1.29, 1.82) is 0 Å². The molecule has 7 heteroatoms. The Morgan fingerprint density at radius 1 is 0.969 bits per heavy atom. The van der Waals surface area contributed by atoms with Gasteiger partial charge in [-0.3, -0.25) is 9.59 Å². The molecule has 3 aromatic carbocycles. The van der Waals surface area contributed by atoms with Crippen molar-refractivity contribution in [2.45, 2.75) is 13.8 Å². The van der Waals surface area contributed by atoms with Crippen LogP contribution in [0, 0.1) is 12.7 Å². The Morgan fingerprint density at radius 3 is 2.31 bits per heavy atom. The van der Waals surface area contributed by atoms with Crippen LogP contribution in [0.15, 0.2) is 72.4 Å². The number of imide groups is 1. The number of benzene rings is 3. The number of carbonyl (C=O) groups is 2. The van der Waals surface area contributed by atoms with E-state index in [4.69, 9.17) is 16.3 Å². The van der Waals surface area contributed by atoms with Gasteiger partial charge < -0.3 is 10.1 Å². The van der Waals surface area contributed by atoms with Gasteiger partial charge in [0.05, 0.1) is 17.9 Å². The third kappa shape index (κ3) is 3.97. The monoisotopic (exact) mass is 450 g/mol. The van der Waals surface area contributed by atoms with Gasteiger partial charge in [-0.25, -0.2) is 9.29 Å². The minimum Gasteiger partial charge on any atom is -0.494 e. The van der Waals surface area contributed by atoms with Crippen LogP contribution in [0.5, 0.6) is 5.75 Å². The first kappa shape index (κ1) is 21.6. The Bertz CT molecular complexity index is 1220. The summed E-state index contributed by atoms with van der Waals surface area (Å²) in [7, 11) is 0. The van der Waals surface area contributed by atoms with Crippen LogP contribution in [0.2, 0.25) is 5.02 Å². The first-order chi connectivity index (χ1) is 15.4. The fraction of sp³-hybridized carbons (Fsp3) is 0.120. The summed E-state index contributed by atoms with van der Waals surface area (Å²) < 4.78 is 19.0. The first-order valence-electron chi connectivity index (χ1n) is 10.0. The van der Waals surface area contributed by atoms with Crippen molar-refractivity contribution in [3.63, 3.8) is 0 Å². The highest BCUT2D eigenvalue weighted by molar-refractivity contribution is 6.46. The van der Waals surface area contributed by atoms with Crippen LogP contribution in [0.1, 0.15) is 18.1 Å². The number of rotatable bonds is 6. The Hall–Kier alpha value is -3.64. The summed E-state index contributed by atoms with van der Waals surface area (Å²) in [6.07, 6.45) is 0. The Balaban J connectivity index is 1.79. The van der Waals surface area contributed by atoms with Crippen LogP contribution in [-0.2, 0) is 9.59 Å². The first-order valence-corrected chi connectivity index (χ1v) is 10.4. The van der Waals surface area contributed by atoms with Gasteiger partial charge in [-0.1, -0.05) is 29.8 Å². The van der Waals surface area contributed by atoms with Crippen LogP contribution < -0.4 is 15.0 Å². The van der Waals surface area contributed by atoms with Gasteiger partial charge in [-0.15, -0.1) is 0 Å². The lowest BCUT2D eigenvalue weighted by molar-refractivity contribution is -0.120. The predicted molar refractivity (Wildman–Crippen MR) is 123 cm³/mol. The number of ether oxygens (including phenoxy) is 1. The van der Waals surface area contributed by atoms with Crippen molar-refractivity contribution in [2.24, 2.45) is 0 Å². The molecule has 1 N–H and O–H groups in total. The topological polar surface area (TPSA) is 58.6 Å². The maximum absolute atomic E-state index is 13.5. The van der Waals surface area contributed by atoms with E-state index in [-0.39, 0.29) is 11.3 Å². The van der Waals surface area contributed by atoms with Gasteiger partial charge in [0, 0.05) is 10.7 Å². The fourth-order valence-corrected chi connectivity index (χ4v) is 3.67. The van der Waals surface area contributed by atoms with E-state index in [1.54, 1.807) is 42.5 Å². The zero-order chi connectivity index (χ0) is 22.8. The molecule has 1 aliphatic heterocycles. The Kier molecular flexibility index (Phi) is 5.97. The highest BCUT2D eigenvalue weighted by Gasteiger charge is 2.40. The molecule has 5 nitrogen and oxygen atoms in total. The summed E-state index contributed by atoms with van der Waals surface area (Å²) in [5.74, 6) is -0.824. The number of nitrogens with zero attached hydrogens (tertiary/aromatic N) is 1. The van der Waals surface area contributed by atoms with Crippen molar-refractivity contribution >= 4 is 40.4 Å². The number of hydrogen-bond acceptors (Lipinski definition) is 4. The van der Waals surface area contributed by atoms with Crippen LogP contribution in [0.4, 0.5) is 15.8 Å². The van der Waals surface area contributed by atoms with Crippen molar-refractivity contribution in [3.8, 4) is 5.75 Å². The van der Waals surface area contributed by atoms with Crippen LogP contribution in [0.25, 0.3) is 5.57 Å². The number of anilines is 2. The minimum atomic E-state index is -0.516. The quantitative estimate of drug-likeness (QED) is 0.498. The average molecular weight is 451 g/mol. The highest BCUT2D eigenvalue weighted by atomic mass is 35.5. The van der Waals surface area contributed by atoms with Crippen molar-refractivity contribution in [2.75, 3.05) is 16.8 Å². The van der Waals surface area contributed by atoms with Crippen molar-refractivity contribution in [1.82, 2.24) is 0 Å². The molecule has 32 heavy (non-hydrogen) atoms. The van der Waals surface area contributed by atoms with E-state index < -0.39 is 17.6 Å². The smallest absolute Gasteiger partial charge is 0.282 e. The van der Waals surface area contributed by atoms with Gasteiger partial charge in [0.15, 0.2) is 0 Å². The SMILES string of the molecule is CCOc1ccc(N2C(=O)C(Nc3cccc(Cl)c3C)=C(c3ccc(F)cc3)C2=O)cc1. The Labute approximate surface area is 190 Å². The summed E-state index contributed by atoms with van der Waals surface area (Å²) >= 11 is 6.23. The summed E-state index contributed by atoms with van der Waals surface area (Å²) in [5, 5.41) is 3.62. The number of amides is 2. The molecule has 0 bridgehead atoms. The molecule has 0 saturated carbocycles. The summed E-state index contributed by atoms with van der Waals surface area (Å²) in [4.78, 5) is 27.9. The number of halogens is 2. The summed E-state index contributed by atoms with van der Waals surface area (Å²) in [6.45, 7) is 4.19. The van der Waals surface area contributed by atoms with E-state index >= 15 is 0 Å². The van der Waals surface area contributed by atoms with Crippen molar-refractivity contribution in [3.05, 3.63) is 94.4 Å². The molecule has 2 amide bonds. The van der Waals surface area contributed by atoms with Gasteiger partial charge in [-0.2, -0.15) is 0 Å². The van der Waals surface area contributed by atoms with Gasteiger partial charge in [-0.05, 0) is 73.5 Å². The van der Waals surface area contributed by atoms with E-state index in [0.29, 0.717) is 34.3 Å². The summed E-state index contributed by atoms with van der Waals surface area (Å²) in [5.41, 5.74) is 2.42. The maximum Gasteiger partial charge on any atom is 0.282 e. The molecular formula is C25H20ClFN2O3. The van der Waals surface area contributed by atoms with Crippen LogP contribution in [0.3, 0.4) is 0 Å². The predicted octanol–water partition coefficient (Wildman–Crippen LogP) is 5.58. The molecule has 0 saturated heterocycles. The van der Waals surface area contributed by atoms with E-state index in [1.165, 1.54) is 24.3 Å². The Morgan fingerprint density at radius 2 is 1.66 bits per heavy atom. The maximum atomic E-state index is 13.5. The number of hydrogen-bond donors (Lipinski definition) is 1. The van der Waals surface area contributed by atoms with Gasteiger partial charge in [0.2, 0.25) is 0 Å². The standard InChI is InChI=1S/C25H20ClFN2O3/c1-3-32-19-13-11-18(12-14-19)29-24(30)22(16-7-9-17(27)10-8-16)23(25(29)31)28-21-6-4-5-20(26)15(21)2/h4-14,28H,3H2,1-2H3. The molecule has 0 atom stereocenters. The normalized spacial score (nSPS) is 13.7. The lowest BCUT2D eigenvalue weighted by Gasteiger charge is -2.16. The molecular weight excluding hydrogens is 431 g/mol. The minimum absolute atomic E-state index is 0.0980. The molecule has 0 fully saturated rings. The molecule has 1 heterocycles. The van der Waals surface area contributed by atoms with E-state index in [2.05, 4.69) is 5.32 Å². The molecule has 3 aromatic rings. The lowest BCUT2D eigenvalue weighted by atomic mass is 10.0. The largest absolute Gasteiger partial charge is 0.494 e. The van der Waals surface area contributed by atoms with Gasteiger partial charge in [0.25, 0.3) is 11.8 Å². The second-order valence-electron chi connectivity index (χ2n) is 7.17. The fourth-order valence-electron chi connectivity index (χ4n) is 3.50. The van der Waals surface area contributed by atoms with E-state index in [1.807, 2.05) is 13.8 Å². The lowest BCUT2D eigenvalue weighted by Crippen LogP contribution is -2.32. The van der Waals surface area contributed by atoms with Crippen molar-refractivity contribution < 1.29 is 18.7 Å². The second-order valence-corrected chi connectivity index (χ2v) is 7.57. The van der Waals surface area contributed by atoms with E-state index in [9.17, 15) is 14.0 Å². The zero-order valence-corrected chi connectivity index (χ0v) is 18.2. The second kappa shape index (κ2) is 8.85. The van der Waals surface area contributed by atoms with E-state index in [0.717, 1.165) is 10.5 Å². The molecule has 0 aromatic heterocycles.